The van der Waals surface area contributed by atoms with Crippen molar-refractivity contribution < 1.29 is 0 Å². The normalized spacial score (nSPS) is 11.0. The summed E-state index contributed by atoms with van der Waals surface area (Å²) < 4.78 is 0. The number of rotatable bonds is 2. The molecule has 4 aromatic rings. The lowest BCUT2D eigenvalue weighted by Crippen LogP contribution is -1.79. The maximum absolute atomic E-state index is 4.51. The molecule has 0 saturated carbocycles. The smallest absolute Gasteiger partial charge is 0.139 e. The summed E-state index contributed by atoms with van der Waals surface area (Å²) in [5.74, 6) is 0.890. The van der Waals surface area contributed by atoms with Gasteiger partial charge in [0.2, 0.25) is 0 Å². The minimum atomic E-state index is 0.890. The van der Waals surface area contributed by atoms with Gasteiger partial charge in [-0.25, -0.2) is 4.98 Å². The van der Waals surface area contributed by atoms with Gasteiger partial charge in [0, 0.05) is 22.7 Å². The van der Waals surface area contributed by atoms with E-state index in [1.54, 1.807) is 0 Å². The maximum atomic E-state index is 4.51. The summed E-state index contributed by atoms with van der Waals surface area (Å²) in [4.78, 5) is 11.2. The van der Waals surface area contributed by atoms with Crippen molar-refractivity contribution in [2.24, 2.45) is 0 Å². The number of fused-ring (bicyclic) bond motifs is 1. The van der Waals surface area contributed by atoms with Gasteiger partial charge in [0.05, 0.1) is 11.9 Å². The summed E-state index contributed by atoms with van der Waals surface area (Å²) in [6.07, 6.45) is 3.88. The van der Waals surface area contributed by atoms with Crippen molar-refractivity contribution in [3.05, 3.63) is 67.0 Å². The molecule has 0 radical (unpaired) electrons. The molecule has 0 aliphatic heterocycles. The second-order valence-corrected chi connectivity index (χ2v) is 4.76. The number of para-hydroxylation sites is 1. The number of hydrogen-bond donors (Lipinski definition) is 2. The molecule has 2 heterocycles. The highest BCUT2D eigenvalue weighted by Crippen LogP contribution is 2.28. The number of aromatic nitrogens is 3. The summed E-state index contributed by atoms with van der Waals surface area (Å²) in [6, 6.07) is 18.5. The van der Waals surface area contributed by atoms with E-state index in [-0.39, 0.29) is 0 Å². The van der Waals surface area contributed by atoms with Crippen molar-refractivity contribution in [3.63, 3.8) is 0 Å². The lowest BCUT2D eigenvalue weighted by atomic mass is 10.1. The van der Waals surface area contributed by atoms with E-state index in [0.29, 0.717) is 0 Å². The first-order chi connectivity index (χ1) is 9.92. The minimum Gasteiger partial charge on any atom is -0.360 e. The van der Waals surface area contributed by atoms with Crippen molar-refractivity contribution in [2.75, 3.05) is 0 Å². The molecule has 3 heteroatoms. The molecule has 0 unspecified atom stereocenters. The van der Waals surface area contributed by atoms with E-state index < -0.39 is 0 Å². The standard InChI is InChI=1S/C17H13N3/c1-2-6-12(7-3-1)16-11-19-17(20-16)14-10-18-15-9-5-4-8-13(14)15/h1-11,18H,(H,19,20). The van der Waals surface area contributed by atoms with Crippen LogP contribution in [0.4, 0.5) is 0 Å². The lowest BCUT2D eigenvalue weighted by molar-refractivity contribution is 1.31. The first-order valence-corrected chi connectivity index (χ1v) is 6.59. The largest absolute Gasteiger partial charge is 0.360 e. The fourth-order valence-electron chi connectivity index (χ4n) is 2.49. The summed E-state index contributed by atoms with van der Waals surface area (Å²) in [6.45, 7) is 0. The predicted molar refractivity (Wildman–Crippen MR) is 81.3 cm³/mol. The number of H-pyrrole nitrogens is 2. The Morgan fingerprint density at radius 3 is 2.55 bits per heavy atom. The average molecular weight is 259 g/mol. The molecule has 0 aliphatic rings. The van der Waals surface area contributed by atoms with Gasteiger partial charge in [-0.15, -0.1) is 0 Å². The molecule has 4 rings (SSSR count). The second kappa shape index (κ2) is 4.38. The Bertz CT molecular complexity index is 856. The van der Waals surface area contributed by atoms with Crippen LogP contribution in [-0.4, -0.2) is 15.0 Å². The number of imidazole rings is 1. The number of aromatic amines is 2. The highest BCUT2D eigenvalue weighted by Gasteiger charge is 2.09. The van der Waals surface area contributed by atoms with E-state index in [1.165, 1.54) is 5.39 Å². The third kappa shape index (κ3) is 1.72. The van der Waals surface area contributed by atoms with Crippen molar-refractivity contribution in [3.8, 4) is 22.6 Å². The molecule has 3 nitrogen and oxygen atoms in total. The van der Waals surface area contributed by atoms with E-state index in [1.807, 2.05) is 42.7 Å². The third-order valence-electron chi connectivity index (χ3n) is 3.50. The van der Waals surface area contributed by atoms with E-state index in [0.717, 1.165) is 28.2 Å². The van der Waals surface area contributed by atoms with Gasteiger partial charge in [-0.3, -0.25) is 0 Å². The third-order valence-corrected chi connectivity index (χ3v) is 3.50. The Kier molecular flexibility index (Phi) is 2.42. The molecule has 20 heavy (non-hydrogen) atoms. The van der Waals surface area contributed by atoms with Gasteiger partial charge in [-0.2, -0.15) is 0 Å². The van der Waals surface area contributed by atoms with E-state index in [9.17, 15) is 0 Å². The average Bonchev–Trinajstić information content (AvgIpc) is 3.14. The van der Waals surface area contributed by atoms with Crippen molar-refractivity contribution in [1.82, 2.24) is 15.0 Å². The van der Waals surface area contributed by atoms with Crippen LogP contribution >= 0.6 is 0 Å². The Labute approximate surface area is 116 Å². The monoisotopic (exact) mass is 259 g/mol. The highest BCUT2D eigenvalue weighted by atomic mass is 14.9. The van der Waals surface area contributed by atoms with Gasteiger partial charge in [-0.1, -0.05) is 48.5 Å². The van der Waals surface area contributed by atoms with E-state index in [4.69, 9.17) is 0 Å². The zero-order valence-electron chi connectivity index (χ0n) is 10.8. The molecule has 0 spiro atoms. The first kappa shape index (κ1) is 11.1. The SMILES string of the molecule is c1ccc(-c2cnc(-c3c[nH]c4ccccc34)[nH]2)cc1. The van der Waals surface area contributed by atoms with Gasteiger partial charge in [-0.05, 0) is 11.6 Å². The van der Waals surface area contributed by atoms with Crippen molar-refractivity contribution >= 4 is 10.9 Å². The van der Waals surface area contributed by atoms with Crippen molar-refractivity contribution in [2.45, 2.75) is 0 Å². The Hall–Kier alpha value is -2.81. The molecule has 96 valence electrons. The predicted octanol–water partition coefficient (Wildman–Crippen LogP) is 4.23. The first-order valence-electron chi connectivity index (χ1n) is 6.59. The summed E-state index contributed by atoms with van der Waals surface area (Å²) >= 11 is 0. The van der Waals surface area contributed by atoms with E-state index >= 15 is 0 Å². The topological polar surface area (TPSA) is 44.5 Å². The van der Waals surface area contributed by atoms with Gasteiger partial charge in [0.15, 0.2) is 0 Å². The van der Waals surface area contributed by atoms with Crippen LogP contribution in [0.3, 0.4) is 0 Å². The molecule has 0 aliphatic carbocycles. The quantitative estimate of drug-likeness (QED) is 0.556. The molecule has 0 amide bonds. The van der Waals surface area contributed by atoms with Crippen LogP contribution in [0.15, 0.2) is 67.0 Å². The minimum absolute atomic E-state index is 0.890. The molecule has 0 fully saturated rings. The Balaban J connectivity index is 1.82. The highest BCUT2D eigenvalue weighted by molar-refractivity contribution is 5.94. The summed E-state index contributed by atoms with van der Waals surface area (Å²) in [5.41, 5.74) is 4.40. The number of nitrogens with one attached hydrogen (secondary N) is 2. The number of hydrogen-bond acceptors (Lipinski definition) is 1. The number of nitrogens with zero attached hydrogens (tertiary/aromatic N) is 1. The molecule has 0 bridgehead atoms. The summed E-state index contributed by atoms with van der Waals surface area (Å²) in [7, 11) is 0. The zero-order valence-corrected chi connectivity index (χ0v) is 10.8. The zero-order chi connectivity index (χ0) is 13.4. The fourth-order valence-corrected chi connectivity index (χ4v) is 2.49. The molecule has 2 aromatic carbocycles. The van der Waals surface area contributed by atoms with Crippen LogP contribution < -0.4 is 0 Å². The molecule has 0 atom stereocenters. The van der Waals surface area contributed by atoms with Crippen LogP contribution in [0.1, 0.15) is 0 Å². The summed E-state index contributed by atoms with van der Waals surface area (Å²) in [5, 5.41) is 1.18. The molecular formula is C17H13N3. The van der Waals surface area contributed by atoms with Gasteiger partial charge >= 0.3 is 0 Å². The number of benzene rings is 2. The van der Waals surface area contributed by atoms with Crippen molar-refractivity contribution in [1.29, 1.82) is 0 Å². The Morgan fingerprint density at radius 2 is 1.65 bits per heavy atom. The molecular weight excluding hydrogens is 246 g/mol. The van der Waals surface area contributed by atoms with Crippen LogP contribution in [0.5, 0.6) is 0 Å². The fraction of sp³-hybridized carbons (Fsp3) is 0. The van der Waals surface area contributed by atoms with Gasteiger partial charge in [0.25, 0.3) is 0 Å². The Morgan fingerprint density at radius 1 is 0.850 bits per heavy atom. The van der Waals surface area contributed by atoms with Crippen LogP contribution in [0, 0.1) is 0 Å². The van der Waals surface area contributed by atoms with Crippen LogP contribution in [-0.2, 0) is 0 Å². The molecule has 2 aromatic heterocycles. The van der Waals surface area contributed by atoms with E-state index in [2.05, 4.69) is 39.2 Å². The van der Waals surface area contributed by atoms with Crippen LogP contribution in [0.2, 0.25) is 0 Å². The second-order valence-electron chi connectivity index (χ2n) is 4.76. The molecule has 2 N–H and O–H groups in total. The lowest BCUT2D eigenvalue weighted by Gasteiger charge is -1.96. The molecule has 0 saturated heterocycles. The van der Waals surface area contributed by atoms with Crippen LogP contribution in [0.25, 0.3) is 33.5 Å². The maximum Gasteiger partial charge on any atom is 0.139 e. The van der Waals surface area contributed by atoms with Gasteiger partial charge < -0.3 is 9.97 Å². The van der Waals surface area contributed by atoms with Gasteiger partial charge in [0.1, 0.15) is 5.82 Å².